The Hall–Kier alpha value is -6.30. The van der Waals surface area contributed by atoms with Crippen molar-refractivity contribution in [1.29, 1.82) is 5.26 Å². The summed E-state index contributed by atoms with van der Waals surface area (Å²) < 4.78 is 70.0. The Labute approximate surface area is 346 Å². The lowest BCUT2D eigenvalue weighted by atomic mass is 10.00. The van der Waals surface area contributed by atoms with Crippen LogP contribution in [0.5, 0.6) is 0 Å². The van der Waals surface area contributed by atoms with Gasteiger partial charge in [-0.1, -0.05) is 66.7 Å². The lowest BCUT2D eigenvalue weighted by molar-refractivity contribution is -0.137. The van der Waals surface area contributed by atoms with Crippen molar-refractivity contribution in [2.75, 3.05) is 25.0 Å². The van der Waals surface area contributed by atoms with E-state index in [1.54, 1.807) is 70.1 Å². The van der Waals surface area contributed by atoms with Gasteiger partial charge in [-0.05, 0) is 78.1 Å². The van der Waals surface area contributed by atoms with Crippen molar-refractivity contribution >= 4 is 40.2 Å². The minimum atomic E-state index is -4.45. The molecule has 0 radical (unpaired) electrons. The van der Waals surface area contributed by atoms with E-state index in [0.29, 0.717) is 64.2 Å². The topological polar surface area (TPSA) is 98.4 Å². The summed E-state index contributed by atoms with van der Waals surface area (Å²) in [6.07, 6.45) is -3.37. The number of hydrogen-bond donors (Lipinski definition) is 1. The number of piperidine rings is 1. The zero-order chi connectivity index (χ0) is 42.4. The van der Waals surface area contributed by atoms with E-state index in [-0.39, 0.29) is 54.2 Å². The second-order valence-electron chi connectivity index (χ2n) is 14.5. The lowest BCUT2D eigenvalue weighted by Gasteiger charge is -2.39. The number of thioether (sulfide) groups is 1. The Morgan fingerprint density at radius 2 is 1.52 bits per heavy atom. The van der Waals surface area contributed by atoms with Crippen LogP contribution < -0.4 is 10.7 Å². The van der Waals surface area contributed by atoms with Gasteiger partial charge in [0.05, 0.1) is 34.3 Å². The normalized spacial score (nSPS) is 13.5. The summed E-state index contributed by atoms with van der Waals surface area (Å²) in [4.78, 5) is 44.7. The Balaban J connectivity index is 1.13. The van der Waals surface area contributed by atoms with E-state index in [1.807, 2.05) is 17.0 Å². The average Bonchev–Trinajstić information content (AvgIpc) is 3.25. The van der Waals surface area contributed by atoms with Gasteiger partial charge in [-0.3, -0.25) is 19.3 Å². The quantitative estimate of drug-likeness (QED) is 0.0976. The first-order chi connectivity index (χ1) is 28.9. The maximum atomic E-state index is 14.7. The number of aromatic nitrogens is 1. The van der Waals surface area contributed by atoms with E-state index in [0.717, 1.165) is 35.5 Å². The van der Waals surface area contributed by atoms with Crippen LogP contribution in [0.4, 0.5) is 27.6 Å². The predicted octanol–water partition coefficient (Wildman–Crippen LogP) is 9.26. The second-order valence-corrected chi connectivity index (χ2v) is 15.5. The highest BCUT2D eigenvalue weighted by Crippen LogP contribution is 2.32. The molecule has 0 spiro atoms. The maximum Gasteiger partial charge on any atom is 0.416 e. The van der Waals surface area contributed by atoms with Gasteiger partial charge in [0.2, 0.25) is 11.8 Å². The van der Waals surface area contributed by atoms with Crippen molar-refractivity contribution in [2.24, 2.45) is 0 Å². The number of pyridine rings is 1. The Kier molecular flexibility index (Phi) is 12.8. The first-order valence-electron chi connectivity index (χ1n) is 19.1. The van der Waals surface area contributed by atoms with Crippen LogP contribution in [-0.4, -0.2) is 51.9 Å². The zero-order valence-corrected chi connectivity index (χ0v) is 32.9. The number of hydrogen-bond acceptors (Lipinski definition) is 6. The van der Waals surface area contributed by atoms with Crippen molar-refractivity contribution < 1.29 is 31.5 Å². The molecule has 1 saturated heterocycles. The van der Waals surface area contributed by atoms with Crippen LogP contribution in [0.25, 0.3) is 22.0 Å². The summed E-state index contributed by atoms with van der Waals surface area (Å²) in [7, 11) is 0. The summed E-state index contributed by atoms with van der Waals surface area (Å²) >= 11 is 1.12. The van der Waals surface area contributed by atoms with Crippen LogP contribution in [0, 0.1) is 23.0 Å². The van der Waals surface area contributed by atoms with Gasteiger partial charge in [0, 0.05) is 54.1 Å². The van der Waals surface area contributed by atoms with Gasteiger partial charge in [-0.25, -0.2) is 8.78 Å². The number of halogens is 5. The predicted molar refractivity (Wildman–Crippen MR) is 221 cm³/mol. The van der Waals surface area contributed by atoms with Crippen LogP contribution >= 0.6 is 11.8 Å². The maximum absolute atomic E-state index is 14.7. The largest absolute Gasteiger partial charge is 0.416 e. The van der Waals surface area contributed by atoms with Gasteiger partial charge in [0.1, 0.15) is 6.54 Å². The van der Waals surface area contributed by atoms with Gasteiger partial charge >= 0.3 is 6.18 Å². The first kappa shape index (κ1) is 41.8. The summed E-state index contributed by atoms with van der Waals surface area (Å²) in [5, 5.41) is 12.8. The number of rotatable bonds is 12. The molecule has 2 amide bonds. The van der Waals surface area contributed by atoms with Crippen molar-refractivity contribution in [2.45, 2.75) is 48.9 Å². The van der Waals surface area contributed by atoms with Crippen molar-refractivity contribution in [1.82, 2.24) is 14.4 Å². The summed E-state index contributed by atoms with van der Waals surface area (Å²) in [5.74, 6) is -2.47. The zero-order valence-electron chi connectivity index (χ0n) is 32.1. The van der Waals surface area contributed by atoms with Gasteiger partial charge in [-0.15, -0.1) is 11.8 Å². The molecule has 2 heterocycles. The molecule has 1 fully saturated rings. The molecule has 7 rings (SSSR count). The highest BCUT2D eigenvalue weighted by molar-refractivity contribution is 7.98. The molecule has 0 unspecified atom stereocenters. The molecular weight excluding hydrogens is 798 g/mol. The monoisotopic (exact) mass is 835 g/mol. The molecule has 8 nitrogen and oxygen atoms in total. The number of amides is 2. The highest BCUT2D eigenvalue weighted by Gasteiger charge is 2.31. The Morgan fingerprint density at radius 3 is 2.22 bits per heavy atom. The van der Waals surface area contributed by atoms with Gasteiger partial charge < -0.3 is 14.8 Å². The summed E-state index contributed by atoms with van der Waals surface area (Å²) in [6.45, 7) is 1.14. The molecular formula is C46H38F5N5O3S. The summed E-state index contributed by atoms with van der Waals surface area (Å²) in [5.41, 5.74) is 2.61. The molecule has 306 valence electrons. The van der Waals surface area contributed by atoms with E-state index >= 15 is 0 Å². The summed E-state index contributed by atoms with van der Waals surface area (Å²) in [6, 6.07) is 32.8. The number of alkyl halides is 3. The molecule has 1 aliphatic heterocycles. The average molecular weight is 836 g/mol. The first-order valence-corrected chi connectivity index (χ1v) is 20.1. The fourth-order valence-electron chi connectivity index (χ4n) is 7.36. The highest BCUT2D eigenvalue weighted by atomic mass is 32.2. The molecule has 5 aromatic carbocycles. The molecule has 60 heavy (non-hydrogen) atoms. The molecule has 6 aromatic rings. The molecule has 0 bridgehead atoms. The minimum absolute atomic E-state index is 0.000352. The van der Waals surface area contributed by atoms with Crippen LogP contribution in [-0.2, 0) is 34.6 Å². The molecule has 0 atom stereocenters. The Bertz CT molecular complexity index is 2620. The van der Waals surface area contributed by atoms with E-state index in [9.17, 15) is 41.6 Å². The van der Waals surface area contributed by atoms with Crippen LogP contribution in [0.2, 0.25) is 0 Å². The third-order valence-electron chi connectivity index (χ3n) is 10.5. The fourth-order valence-corrected chi connectivity index (χ4v) is 8.39. The number of carbonyl (C=O) groups excluding carboxylic acids is 2. The second kappa shape index (κ2) is 18.3. The van der Waals surface area contributed by atoms with E-state index in [1.165, 1.54) is 30.3 Å². The number of nitriles is 1. The Morgan fingerprint density at radius 1 is 0.833 bits per heavy atom. The van der Waals surface area contributed by atoms with Gasteiger partial charge in [0.25, 0.3) is 0 Å². The minimum Gasteiger partial charge on any atom is -0.334 e. The lowest BCUT2D eigenvalue weighted by Crippen LogP contribution is -2.49. The smallest absolute Gasteiger partial charge is 0.334 e. The molecule has 1 N–H and O–H groups in total. The van der Waals surface area contributed by atoms with Crippen LogP contribution in [0.1, 0.15) is 35.1 Å². The number of benzene rings is 5. The molecule has 1 aromatic heterocycles. The number of para-hydroxylation sites is 1. The fraction of sp³-hybridized carbons (Fsp3) is 0.217. The number of carbonyl (C=O) groups is 2. The van der Waals surface area contributed by atoms with Gasteiger partial charge in [0.15, 0.2) is 17.1 Å². The van der Waals surface area contributed by atoms with E-state index < -0.39 is 23.4 Å². The molecule has 14 heteroatoms. The van der Waals surface area contributed by atoms with Crippen LogP contribution in [0.15, 0.2) is 131 Å². The van der Waals surface area contributed by atoms with Crippen molar-refractivity contribution in [3.8, 4) is 17.2 Å². The van der Waals surface area contributed by atoms with Crippen LogP contribution in [0.3, 0.4) is 0 Å². The third-order valence-corrected chi connectivity index (χ3v) is 11.6. The molecule has 0 aliphatic carbocycles. The van der Waals surface area contributed by atoms with Crippen molar-refractivity contribution in [3.63, 3.8) is 0 Å². The molecule has 1 aliphatic rings. The number of anilines is 1. The van der Waals surface area contributed by atoms with E-state index in [2.05, 4.69) is 11.4 Å². The van der Waals surface area contributed by atoms with Gasteiger partial charge in [-0.2, -0.15) is 18.4 Å². The SMILES string of the molecule is N#Cc1cccc(NC(=O)CN2CCC(N(Cc3ccc(-c4ccc(C(F)(F)F)cc4)cc3)C(=O)Cn3c(SCc4cccc(F)c4F)cc(=O)c4ccccc43)CC2)c1. The number of nitrogens with one attached hydrogen (secondary N) is 1. The number of fused-ring (bicyclic) bond motifs is 1. The number of likely N-dealkylation sites (tertiary alicyclic amines) is 1. The molecule has 0 saturated carbocycles. The third kappa shape index (κ3) is 9.93. The standard InChI is InChI=1S/C46H38F5N5O3S/c47-39-9-4-6-34(45(39)48)29-60-44-24-41(57)38-8-1-2-10-40(38)56(44)28-43(59)55(26-30-11-13-32(14-12-30)33-15-17-35(18-16-33)46(49,50)51)37-19-21-54(22-20-37)27-42(58)53-36-7-3-5-31(23-36)25-52/h1-18,23-24,37H,19-22,26-29H2,(H,53,58). The number of nitrogens with zero attached hydrogens (tertiary/aromatic N) is 4. The van der Waals surface area contributed by atoms with E-state index in [4.69, 9.17) is 0 Å². The van der Waals surface area contributed by atoms with Crippen molar-refractivity contribution in [3.05, 3.63) is 165 Å².